The average molecular weight is 336 g/mol. The highest BCUT2D eigenvalue weighted by Crippen LogP contribution is 2.29. The lowest BCUT2D eigenvalue weighted by Gasteiger charge is -2.06. The van der Waals surface area contributed by atoms with Gasteiger partial charge in [-0.2, -0.15) is 0 Å². The van der Waals surface area contributed by atoms with E-state index in [0.29, 0.717) is 22.5 Å². The van der Waals surface area contributed by atoms with E-state index in [1.807, 2.05) is 6.07 Å². The van der Waals surface area contributed by atoms with E-state index in [9.17, 15) is 4.79 Å². The van der Waals surface area contributed by atoms with Crippen molar-refractivity contribution in [3.8, 4) is 0 Å². The summed E-state index contributed by atoms with van der Waals surface area (Å²) in [5.74, 6) is 0.599. The SMILES string of the molecule is CC1CC1NC(=O)c1cc(Cl)ccc1I. The van der Waals surface area contributed by atoms with Crippen molar-refractivity contribution in [1.29, 1.82) is 0 Å². The summed E-state index contributed by atoms with van der Waals surface area (Å²) < 4.78 is 0.933. The van der Waals surface area contributed by atoms with Crippen LogP contribution in [0.3, 0.4) is 0 Å². The van der Waals surface area contributed by atoms with Gasteiger partial charge in [0.25, 0.3) is 5.91 Å². The molecule has 0 saturated heterocycles. The Morgan fingerprint density at radius 3 is 2.87 bits per heavy atom. The molecule has 4 heteroatoms. The molecule has 1 N–H and O–H groups in total. The molecule has 0 spiro atoms. The van der Waals surface area contributed by atoms with Crippen LogP contribution in [0.25, 0.3) is 0 Å². The van der Waals surface area contributed by atoms with E-state index in [1.165, 1.54) is 0 Å². The lowest BCUT2D eigenvalue weighted by Crippen LogP contribution is -2.27. The minimum atomic E-state index is -0.0174. The number of halogens is 2. The number of rotatable bonds is 2. The van der Waals surface area contributed by atoms with Crippen LogP contribution < -0.4 is 5.32 Å². The topological polar surface area (TPSA) is 29.1 Å². The molecule has 2 unspecified atom stereocenters. The molecule has 15 heavy (non-hydrogen) atoms. The normalized spacial score (nSPS) is 23.7. The largest absolute Gasteiger partial charge is 0.349 e. The van der Waals surface area contributed by atoms with E-state index < -0.39 is 0 Å². The molecule has 1 saturated carbocycles. The fourth-order valence-electron chi connectivity index (χ4n) is 1.44. The molecule has 1 fully saturated rings. The fourth-order valence-corrected chi connectivity index (χ4v) is 2.19. The molecule has 2 rings (SSSR count). The number of carbonyl (C=O) groups is 1. The van der Waals surface area contributed by atoms with Crippen LogP contribution in [0.4, 0.5) is 0 Å². The molecular formula is C11H11ClINO. The molecule has 0 bridgehead atoms. The number of carbonyl (C=O) groups excluding carboxylic acids is 1. The Morgan fingerprint density at radius 2 is 2.27 bits per heavy atom. The summed E-state index contributed by atoms with van der Waals surface area (Å²) in [5.41, 5.74) is 0.669. The molecule has 1 amide bonds. The summed E-state index contributed by atoms with van der Waals surface area (Å²) in [5, 5.41) is 3.59. The number of hydrogen-bond acceptors (Lipinski definition) is 1. The Morgan fingerprint density at radius 1 is 1.60 bits per heavy atom. The first-order valence-corrected chi connectivity index (χ1v) is 6.29. The van der Waals surface area contributed by atoms with Crippen molar-refractivity contribution in [1.82, 2.24) is 5.32 Å². The number of amides is 1. The second-order valence-electron chi connectivity index (χ2n) is 3.92. The molecule has 1 aliphatic carbocycles. The van der Waals surface area contributed by atoms with Gasteiger partial charge in [0.05, 0.1) is 5.56 Å². The van der Waals surface area contributed by atoms with Crippen LogP contribution in [0, 0.1) is 9.49 Å². The Balaban J connectivity index is 2.14. The third-order valence-electron chi connectivity index (χ3n) is 2.60. The van der Waals surface area contributed by atoms with Gasteiger partial charge in [-0.3, -0.25) is 4.79 Å². The summed E-state index contributed by atoms with van der Waals surface area (Å²) in [6, 6.07) is 5.71. The molecule has 2 nitrogen and oxygen atoms in total. The minimum absolute atomic E-state index is 0.0174. The third-order valence-corrected chi connectivity index (χ3v) is 3.77. The summed E-state index contributed by atoms with van der Waals surface area (Å²) in [4.78, 5) is 11.8. The Bertz CT molecular complexity index is 408. The molecule has 80 valence electrons. The second kappa shape index (κ2) is 4.29. The van der Waals surface area contributed by atoms with E-state index in [4.69, 9.17) is 11.6 Å². The molecule has 0 aliphatic heterocycles. The fraction of sp³-hybridized carbons (Fsp3) is 0.364. The van der Waals surface area contributed by atoms with Gasteiger partial charge in [0, 0.05) is 14.6 Å². The molecule has 0 radical (unpaired) electrons. The zero-order valence-corrected chi connectivity index (χ0v) is 11.2. The Hall–Kier alpha value is -0.290. The van der Waals surface area contributed by atoms with Crippen LogP contribution in [0.15, 0.2) is 18.2 Å². The summed E-state index contributed by atoms with van der Waals surface area (Å²) in [6.07, 6.45) is 1.09. The third kappa shape index (κ3) is 2.64. The van der Waals surface area contributed by atoms with Crippen molar-refractivity contribution in [3.05, 3.63) is 32.4 Å². The van der Waals surface area contributed by atoms with Crippen molar-refractivity contribution in [2.45, 2.75) is 19.4 Å². The van der Waals surface area contributed by atoms with Gasteiger partial charge in [0.1, 0.15) is 0 Å². The maximum Gasteiger partial charge on any atom is 0.252 e. The highest BCUT2D eigenvalue weighted by molar-refractivity contribution is 14.1. The van der Waals surface area contributed by atoms with E-state index in [-0.39, 0.29) is 5.91 Å². The van der Waals surface area contributed by atoms with E-state index in [0.717, 1.165) is 9.99 Å². The van der Waals surface area contributed by atoms with Gasteiger partial charge in [0.2, 0.25) is 0 Å². The smallest absolute Gasteiger partial charge is 0.252 e. The predicted octanol–water partition coefficient (Wildman–Crippen LogP) is 3.08. The Labute approximate surface area is 108 Å². The molecule has 1 aliphatic rings. The molecule has 0 heterocycles. The van der Waals surface area contributed by atoms with E-state index >= 15 is 0 Å². The monoisotopic (exact) mass is 335 g/mol. The van der Waals surface area contributed by atoms with Crippen LogP contribution in [0.2, 0.25) is 5.02 Å². The zero-order chi connectivity index (χ0) is 11.0. The maximum atomic E-state index is 11.8. The summed E-state index contributed by atoms with van der Waals surface area (Å²) in [7, 11) is 0. The van der Waals surface area contributed by atoms with E-state index in [1.54, 1.807) is 12.1 Å². The predicted molar refractivity (Wildman–Crippen MR) is 69.2 cm³/mol. The first-order chi connectivity index (χ1) is 7.08. The van der Waals surface area contributed by atoms with Crippen LogP contribution >= 0.6 is 34.2 Å². The molecule has 1 aromatic rings. The highest BCUT2D eigenvalue weighted by atomic mass is 127. The average Bonchev–Trinajstić information content (AvgIpc) is 2.86. The molecule has 2 atom stereocenters. The number of benzene rings is 1. The second-order valence-corrected chi connectivity index (χ2v) is 5.52. The van der Waals surface area contributed by atoms with Crippen molar-refractivity contribution in [3.63, 3.8) is 0 Å². The molecule has 1 aromatic carbocycles. The van der Waals surface area contributed by atoms with Crippen molar-refractivity contribution >= 4 is 40.1 Å². The zero-order valence-electron chi connectivity index (χ0n) is 8.26. The van der Waals surface area contributed by atoms with Gasteiger partial charge in [-0.15, -0.1) is 0 Å². The van der Waals surface area contributed by atoms with Crippen molar-refractivity contribution < 1.29 is 4.79 Å². The highest BCUT2D eigenvalue weighted by Gasteiger charge is 2.34. The van der Waals surface area contributed by atoms with Crippen LogP contribution in [-0.2, 0) is 0 Å². The standard InChI is InChI=1S/C11H11ClINO/c1-6-4-10(6)14-11(15)8-5-7(12)2-3-9(8)13/h2-3,5-6,10H,4H2,1H3,(H,14,15). The number of nitrogens with one attached hydrogen (secondary N) is 1. The lowest BCUT2D eigenvalue weighted by atomic mass is 10.2. The number of hydrogen-bond donors (Lipinski definition) is 1. The van der Waals surface area contributed by atoms with Gasteiger partial charge in [0.15, 0.2) is 0 Å². The minimum Gasteiger partial charge on any atom is -0.349 e. The van der Waals surface area contributed by atoms with Crippen molar-refractivity contribution in [2.75, 3.05) is 0 Å². The first-order valence-electron chi connectivity index (χ1n) is 4.84. The van der Waals surface area contributed by atoms with Gasteiger partial charge in [-0.05, 0) is 53.1 Å². The van der Waals surface area contributed by atoms with E-state index in [2.05, 4.69) is 34.8 Å². The van der Waals surface area contributed by atoms with Gasteiger partial charge in [-0.25, -0.2) is 0 Å². The van der Waals surface area contributed by atoms with Crippen molar-refractivity contribution in [2.24, 2.45) is 5.92 Å². The maximum absolute atomic E-state index is 11.8. The Kier molecular flexibility index (Phi) is 3.21. The lowest BCUT2D eigenvalue weighted by molar-refractivity contribution is 0.0948. The van der Waals surface area contributed by atoms with Gasteiger partial charge >= 0.3 is 0 Å². The summed E-state index contributed by atoms with van der Waals surface area (Å²) >= 11 is 8.00. The first kappa shape index (κ1) is 11.2. The quantitative estimate of drug-likeness (QED) is 0.827. The van der Waals surface area contributed by atoms with Gasteiger partial charge in [-0.1, -0.05) is 18.5 Å². The summed E-state index contributed by atoms with van der Waals surface area (Å²) in [6.45, 7) is 2.13. The van der Waals surface area contributed by atoms with Crippen LogP contribution in [0.5, 0.6) is 0 Å². The van der Waals surface area contributed by atoms with Crippen LogP contribution in [0.1, 0.15) is 23.7 Å². The van der Waals surface area contributed by atoms with Crippen LogP contribution in [-0.4, -0.2) is 11.9 Å². The molecular weight excluding hydrogens is 324 g/mol. The van der Waals surface area contributed by atoms with Gasteiger partial charge < -0.3 is 5.32 Å². The molecule has 0 aromatic heterocycles.